The van der Waals surface area contributed by atoms with Crippen molar-refractivity contribution in [3.8, 4) is 0 Å². The lowest BCUT2D eigenvalue weighted by Gasteiger charge is -2.25. The lowest BCUT2D eigenvalue weighted by atomic mass is 10.0. The highest BCUT2D eigenvalue weighted by atomic mass is 31.2. The topological polar surface area (TPSA) is 105 Å². The number of allylic oxidation sites excluding steroid dienone is 9. The average molecular weight is 1090 g/mol. The Morgan fingerprint density at radius 2 is 0.789 bits per heavy atom. The number of phosphoric acid groups is 1. The summed E-state index contributed by atoms with van der Waals surface area (Å²) in [6.45, 7) is 4.73. The average Bonchev–Trinajstić information content (AvgIpc) is 3.38. The van der Waals surface area contributed by atoms with Gasteiger partial charge in [-0.1, -0.05) is 306 Å². The molecule has 0 bridgehead atoms. The molecule has 0 aromatic carbocycles. The molecular formula is C67H128N2O6P+. The summed E-state index contributed by atoms with van der Waals surface area (Å²) in [5, 5.41) is 13.9. The van der Waals surface area contributed by atoms with Gasteiger partial charge in [-0.05, 0) is 57.8 Å². The van der Waals surface area contributed by atoms with Crippen LogP contribution in [-0.4, -0.2) is 73.4 Å². The third kappa shape index (κ3) is 59.9. The van der Waals surface area contributed by atoms with E-state index in [0.717, 1.165) is 64.2 Å². The summed E-state index contributed by atoms with van der Waals surface area (Å²) in [6.07, 6.45) is 79.3. The predicted molar refractivity (Wildman–Crippen MR) is 332 cm³/mol. The molecule has 0 saturated heterocycles. The number of unbranched alkanes of at least 4 members (excludes halogenated alkanes) is 39. The fourth-order valence-corrected chi connectivity index (χ4v) is 10.4. The van der Waals surface area contributed by atoms with Crippen molar-refractivity contribution in [2.75, 3.05) is 40.9 Å². The molecule has 3 atom stereocenters. The Labute approximate surface area is 472 Å². The van der Waals surface area contributed by atoms with Crippen molar-refractivity contribution < 1.29 is 32.9 Å². The molecule has 1 amide bonds. The molecule has 9 heteroatoms. The van der Waals surface area contributed by atoms with Crippen LogP contribution in [0.3, 0.4) is 0 Å². The molecule has 0 rings (SSSR count). The zero-order chi connectivity index (χ0) is 55.6. The van der Waals surface area contributed by atoms with Crippen LogP contribution in [0, 0.1) is 0 Å². The number of carbonyl (C=O) groups excluding carboxylic acids is 1. The van der Waals surface area contributed by atoms with Gasteiger partial charge in [0.25, 0.3) is 0 Å². The first-order chi connectivity index (χ1) is 37.0. The fourth-order valence-electron chi connectivity index (χ4n) is 9.68. The zero-order valence-corrected chi connectivity index (χ0v) is 51.9. The van der Waals surface area contributed by atoms with E-state index in [0.29, 0.717) is 17.4 Å². The molecule has 0 saturated carbocycles. The van der Waals surface area contributed by atoms with E-state index in [1.165, 1.54) is 225 Å². The number of nitrogens with one attached hydrogen (secondary N) is 1. The number of likely N-dealkylation sites (N-methyl/N-ethyl adjacent to an activating group) is 1. The molecule has 0 radical (unpaired) electrons. The number of phosphoric ester groups is 1. The maximum absolute atomic E-state index is 13.0. The number of amides is 1. The second-order valence-electron chi connectivity index (χ2n) is 23.5. The van der Waals surface area contributed by atoms with Gasteiger partial charge in [-0.25, -0.2) is 4.57 Å². The first-order valence-electron chi connectivity index (χ1n) is 32.7. The number of quaternary nitrogens is 1. The minimum Gasteiger partial charge on any atom is -0.387 e. The number of aliphatic hydroxyl groups is 1. The predicted octanol–water partition coefficient (Wildman–Crippen LogP) is 20.4. The third-order valence-electron chi connectivity index (χ3n) is 14.7. The van der Waals surface area contributed by atoms with Crippen LogP contribution in [0.15, 0.2) is 60.8 Å². The summed E-state index contributed by atoms with van der Waals surface area (Å²) >= 11 is 0. The SMILES string of the molecule is CC/C=C\C/C=C\C/C=C\C/C=C\CCCCCCCCCCCCCCCCCCCCCCCCCCCCC(=O)NC(COP(=O)(O)OCC[N+](C)(C)C)C(O)/C=C/CCCCCCCCCCCCCCC. The third-order valence-corrected chi connectivity index (χ3v) is 15.7. The van der Waals surface area contributed by atoms with Crippen LogP contribution in [0.4, 0.5) is 0 Å². The highest BCUT2D eigenvalue weighted by Crippen LogP contribution is 2.43. The number of aliphatic hydroxyl groups excluding tert-OH is 1. The van der Waals surface area contributed by atoms with Gasteiger partial charge in [-0.15, -0.1) is 0 Å². The minimum absolute atomic E-state index is 0.0628. The van der Waals surface area contributed by atoms with Crippen LogP contribution < -0.4 is 5.32 Å². The Hall–Kier alpha value is -1.80. The van der Waals surface area contributed by atoms with Crippen molar-refractivity contribution in [1.82, 2.24) is 5.32 Å². The first-order valence-corrected chi connectivity index (χ1v) is 34.2. The van der Waals surface area contributed by atoms with Crippen LogP contribution in [-0.2, 0) is 18.4 Å². The number of carbonyl (C=O) groups is 1. The van der Waals surface area contributed by atoms with Crippen molar-refractivity contribution >= 4 is 13.7 Å². The second kappa shape index (κ2) is 57.9. The lowest BCUT2D eigenvalue weighted by Crippen LogP contribution is -2.45. The van der Waals surface area contributed by atoms with Gasteiger partial charge in [0, 0.05) is 6.42 Å². The Morgan fingerprint density at radius 3 is 1.16 bits per heavy atom. The van der Waals surface area contributed by atoms with E-state index < -0.39 is 20.0 Å². The zero-order valence-electron chi connectivity index (χ0n) is 51.0. The van der Waals surface area contributed by atoms with Crippen molar-refractivity contribution in [3.63, 3.8) is 0 Å². The van der Waals surface area contributed by atoms with Crippen molar-refractivity contribution in [3.05, 3.63) is 60.8 Å². The quantitative estimate of drug-likeness (QED) is 0.0243. The van der Waals surface area contributed by atoms with E-state index in [4.69, 9.17) is 9.05 Å². The molecule has 76 heavy (non-hydrogen) atoms. The van der Waals surface area contributed by atoms with Crippen LogP contribution in [0.2, 0.25) is 0 Å². The highest BCUT2D eigenvalue weighted by molar-refractivity contribution is 7.47. The maximum Gasteiger partial charge on any atom is 0.472 e. The maximum atomic E-state index is 13.0. The van der Waals surface area contributed by atoms with Crippen LogP contribution in [0.25, 0.3) is 0 Å². The van der Waals surface area contributed by atoms with Gasteiger partial charge < -0.3 is 19.8 Å². The molecule has 446 valence electrons. The Bertz CT molecular complexity index is 1420. The number of hydrogen-bond donors (Lipinski definition) is 3. The monoisotopic (exact) mass is 1090 g/mol. The summed E-state index contributed by atoms with van der Waals surface area (Å²) in [6, 6.07) is -0.845. The molecule has 0 aliphatic heterocycles. The van der Waals surface area contributed by atoms with E-state index in [-0.39, 0.29) is 19.1 Å². The largest absolute Gasteiger partial charge is 0.472 e. The van der Waals surface area contributed by atoms with Crippen LogP contribution in [0.1, 0.15) is 309 Å². The lowest BCUT2D eigenvalue weighted by molar-refractivity contribution is -0.870. The number of rotatable bonds is 60. The van der Waals surface area contributed by atoms with Crippen LogP contribution in [0.5, 0.6) is 0 Å². The summed E-state index contributed by atoms with van der Waals surface area (Å²) in [5.74, 6) is -0.172. The van der Waals surface area contributed by atoms with Gasteiger partial charge in [0.1, 0.15) is 13.2 Å². The highest BCUT2D eigenvalue weighted by Gasteiger charge is 2.28. The minimum atomic E-state index is -4.35. The normalized spacial score (nSPS) is 14.1. The van der Waals surface area contributed by atoms with E-state index in [2.05, 4.69) is 67.8 Å². The summed E-state index contributed by atoms with van der Waals surface area (Å²) in [7, 11) is 1.58. The van der Waals surface area contributed by atoms with Gasteiger partial charge in [0.05, 0.1) is 39.9 Å². The second-order valence-corrected chi connectivity index (χ2v) is 24.9. The molecule has 3 unspecified atom stereocenters. The van der Waals surface area contributed by atoms with Crippen LogP contribution >= 0.6 is 7.82 Å². The van der Waals surface area contributed by atoms with E-state index in [9.17, 15) is 19.4 Å². The Morgan fingerprint density at radius 1 is 0.461 bits per heavy atom. The smallest absolute Gasteiger partial charge is 0.387 e. The standard InChI is InChI=1S/C67H127N2O6P/c1-6-8-10-12-14-16-18-20-22-23-24-25-26-27-28-29-30-31-32-33-34-35-36-37-38-39-40-41-42-43-44-45-47-49-51-53-55-57-59-61-67(71)68-65(64-75-76(72,73)74-63-62-69(3,4)5)66(70)60-58-56-54-52-50-48-46-21-19-17-15-13-11-9-7-2/h8,10,14,16,20,22,24-25,58,60,65-66,70H,6-7,9,11-13,15,17-19,21,23,26-57,59,61-64H2,1-5H3,(H-,68,71,72,73)/p+1/b10-8-,16-14-,22-20-,25-24-,60-58+. The molecule has 0 fully saturated rings. The molecule has 3 N–H and O–H groups in total. The first kappa shape index (κ1) is 74.2. The van der Waals surface area contributed by atoms with E-state index >= 15 is 0 Å². The molecule has 0 aliphatic rings. The van der Waals surface area contributed by atoms with Gasteiger partial charge in [0.2, 0.25) is 5.91 Å². The van der Waals surface area contributed by atoms with Crippen molar-refractivity contribution in [1.29, 1.82) is 0 Å². The molecule has 8 nitrogen and oxygen atoms in total. The molecule has 0 heterocycles. The van der Waals surface area contributed by atoms with E-state index in [1.54, 1.807) is 6.08 Å². The molecule has 0 aliphatic carbocycles. The molecule has 0 aromatic heterocycles. The van der Waals surface area contributed by atoms with E-state index in [1.807, 2.05) is 27.2 Å². The number of nitrogens with zero attached hydrogens (tertiary/aromatic N) is 1. The van der Waals surface area contributed by atoms with Crippen molar-refractivity contribution in [2.45, 2.75) is 321 Å². The number of hydrogen-bond acceptors (Lipinski definition) is 5. The van der Waals surface area contributed by atoms with Gasteiger partial charge in [-0.3, -0.25) is 13.8 Å². The molecule has 0 aromatic rings. The fraction of sp³-hybridized carbons (Fsp3) is 0.836. The summed E-state index contributed by atoms with van der Waals surface area (Å²) < 4.78 is 23.7. The Kier molecular flexibility index (Phi) is 56.5. The molecular weight excluding hydrogens is 960 g/mol. The van der Waals surface area contributed by atoms with Crippen molar-refractivity contribution in [2.24, 2.45) is 0 Å². The Balaban J connectivity index is 3.90. The van der Waals surface area contributed by atoms with Gasteiger partial charge >= 0.3 is 7.82 Å². The van der Waals surface area contributed by atoms with Gasteiger partial charge in [0.15, 0.2) is 0 Å². The molecule has 0 spiro atoms. The summed E-state index contributed by atoms with van der Waals surface area (Å²) in [4.78, 5) is 23.3. The summed E-state index contributed by atoms with van der Waals surface area (Å²) in [5.41, 5.74) is 0. The van der Waals surface area contributed by atoms with Gasteiger partial charge in [-0.2, -0.15) is 0 Å².